The van der Waals surface area contributed by atoms with E-state index < -0.39 is 0 Å². The monoisotopic (exact) mass is 293 g/mol. The molecule has 1 aromatic carbocycles. The maximum absolute atomic E-state index is 11.0. The summed E-state index contributed by atoms with van der Waals surface area (Å²) < 4.78 is 0. The van der Waals surface area contributed by atoms with E-state index >= 15 is 0 Å². The Bertz CT molecular complexity index is 463. The van der Waals surface area contributed by atoms with Gasteiger partial charge in [0.1, 0.15) is 0 Å². The highest BCUT2D eigenvalue weighted by Gasteiger charge is 2.14. The lowest BCUT2D eigenvalue weighted by atomic mass is 10.0. The Hall–Kier alpha value is -1.46. The predicted molar refractivity (Wildman–Crippen MR) is 86.5 cm³/mol. The molecular formula is C16H27N3O2. The van der Waals surface area contributed by atoms with E-state index in [1.807, 2.05) is 12.1 Å². The zero-order valence-electron chi connectivity index (χ0n) is 13.7. The van der Waals surface area contributed by atoms with Crippen LogP contribution in [0.1, 0.15) is 31.4 Å². The van der Waals surface area contributed by atoms with Gasteiger partial charge in [-0.05, 0) is 38.9 Å². The molecule has 0 radical (unpaired) electrons. The highest BCUT2D eigenvalue weighted by atomic mass is 16.6. The van der Waals surface area contributed by atoms with Gasteiger partial charge in [-0.1, -0.05) is 26.0 Å². The maximum Gasteiger partial charge on any atom is 0.272 e. The standard InChI is InChI=1S/C16H27N3O2/c1-12(2)8-15(11-18(4)5)17-10-14-7-6-13(3)16(9-14)19(20)21/h6-7,9,12,15,17H,8,10-11H2,1-5H3. The Kier molecular flexibility index (Phi) is 6.78. The molecule has 21 heavy (non-hydrogen) atoms. The van der Waals surface area contributed by atoms with E-state index in [-0.39, 0.29) is 10.6 Å². The number of hydrogen-bond donors (Lipinski definition) is 1. The average Bonchev–Trinajstić information content (AvgIpc) is 2.35. The van der Waals surface area contributed by atoms with Crippen molar-refractivity contribution in [1.82, 2.24) is 10.2 Å². The van der Waals surface area contributed by atoms with E-state index in [0.29, 0.717) is 24.1 Å². The molecule has 0 fully saturated rings. The van der Waals surface area contributed by atoms with Crippen LogP contribution in [-0.4, -0.2) is 36.5 Å². The first-order valence-corrected chi connectivity index (χ1v) is 7.41. The van der Waals surface area contributed by atoms with Crippen molar-refractivity contribution in [2.45, 2.75) is 39.8 Å². The van der Waals surface area contributed by atoms with Gasteiger partial charge in [-0.2, -0.15) is 0 Å². The van der Waals surface area contributed by atoms with Crippen molar-refractivity contribution in [3.8, 4) is 0 Å². The number of nitrogens with one attached hydrogen (secondary N) is 1. The number of rotatable bonds is 8. The van der Waals surface area contributed by atoms with Crippen molar-refractivity contribution in [1.29, 1.82) is 0 Å². The van der Waals surface area contributed by atoms with Crippen molar-refractivity contribution < 1.29 is 4.92 Å². The number of nitro benzene ring substituents is 1. The Morgan fingerprint density at radius 3 is 2.52 bits per heavy atom. The molecule has 1 N–H and O–H groups in total. The highest BCUT2D eigenvalue weighted by Crippen LogP contribution is 2.19. The van der Waals surface area contributed by atoms with Gasteiger partial charge in [0.25, 0.3) is 5.69 Å². The molecule has 5 heteroatoms. The molecule has 1 aromatic rings. The zero-order chi connectivity index (χ0) is 16.0. The van der Waals surface area contributed by atoms with Crippen LogP contribution in [0.15, 0.2) is 18.2 Å². The summed E-state index contributed by atoms with van der Waals surface area (Å²) in [5.41, 5.74) is 1.86. The summed E-state index contributed by atoms with van der Waals surface area (Å²) in [5.74, 6) is 0.620. The predicted octanol–water partition coefficient (Wildman–Crippen LogP) is 2.97. The van der Waals surface area contributed by atoms with Gasteiger partial charge in [0.2, 0.25) is 0 Å². The number of likely N-dealkylation sites (N-methyl/N-ethyl adjacent to an activating group) is 1. The second kappa shape index (κ2) is 8.10. The number of benzene rings is 1. The summed E-state index contributed by atoms with van der Waals surface area (Å²) in [6, 6.07) is 5.83. The molecule has 1 rings (SSSR count). The molecule has 0 aliphatic rings. The lowest BCUT2D eigenvalue weighted by Crippen LogP contribution is -2.38. The molecule has 0 heterocycles. The van der Waals surface area contributed by atoms with Crippen LogP contribution in [0.4, 0.5) is 5.69 Å². The van der Waals surface area contributed by atoms with Gasteiger partial charge in [0.05, 0.1) is 4.92 Å². The van der Waals surface area contributed by atoms with Crippen LogP contribution in [0.5, 0.6) is 0 Å². The fourth-order valence-electron chi connectivity index (χ4n) is 2.46. The molecule has 0 bridgehead atoms. The topological polar surface area (TPSA) is 58.4 Å². The van der Waals surface area contributed by atoms with Crippen LogP contribution in [0.3, 0.4) is 0 Å². The van der Waals surface area contributed by atoms with Gasteiger partial charge < -0.3 is 10.2 Å². The van der Waals surface area contributed by atoms with Crippen LogP contribution in [0, 0.1) is 23.0 Å². The van der Waals surface area contributed by atoms with E-state index in [9.17, 15) is 10.1 Å². The summed E-state index contributed by atoms with van der Waals surface area (Å²) in [5, 5.41) is 14.5. The van der Waals surface area contributed by atoms with E-state index in [4.69, 9.17) is 0 Å². The number of hydrogen-bond acceptors (Lipinski definition) is 4. The number of nitrogens with zero attached hydrogens (tertiary/aromatic N) is 2. The first kappa shape index (κ1) is 17.6. The Morgan fingerprint density at radius 2 is 2.00 bits per heavy atom. The second-order valence-electron chi connectivity index (χ2n) is 6.35. The number of aryl methyl sites for hydroxylation is 1. The minimum Gasteiger partial charge on any atom is -0.309 e. The van der Waals surface area contributed by atoms with Gasteiger partial charge in [-0.15, -0.1) is 0 Å². The first-order valence-electron chi connectivity index (χ1n) is 7.41. The molecule has 0 aliphatic heterocycles. The SMILES string of the molecule is Cc1ccc(CNC(CC(C)C)CN(C)C)cc1[N+](=O)[O-]. The third-order valence-corrected chi connectivity index (χ3v) is 3.41. The normalized spacial score (nSPS) is 12.9. The van der Waals surface area contributed by atoms with Crippen molar-refractivity contribution in [3.05, 3.63) is 39.4 Å². The molecule has 0 saturated carbocycles. The van der Waals surface area contributed by atoms with Crippen molar-refractivity contribution in [3.63, 3.8) is 0 Å². The summed E-state index contributed by atoms with van der Waals surface area (Å²) in [4.78, 5) is 12.8. The third-order valence-electron chi connectivity index (χ3n) is 3.41. The van der Waals surface area contributed by atoms with Crippen LogP contribution >= 0.6 is 0 Å². The quantitative estimate of drug-likeness (QED) is 0.591. The minimum atomic E-state index is -0.315. The Labute approximate surface area is 127 Å². The average molecular weight is 293 g/mol. The second-order valence-corrected chi connectivity index (χ2v) is 6.35. The van der Waals surface area contributed by atoms with E-state index in [0.717, 1.165) is 18.5 Å². The van der Waals surface area contributed by atoms with Crippen molar-refractivity contribution in [2.24, 2.45) is 5.92 Å². The maximum atomic E-state index is 11.0. The van der Waals surface area contributed by atoms with Crippen LogP contribution in [0.25, 0.3) is 0 Å². The van der Waals surface area contributed by atoms with Crippen molar-refractivity contribution >= 4 is 5.69 Å². The largest absolute Gasteiger partial charge is 0.309 e. The van der Waals surface area contributed by atoms with Crippen molar-refractivity contribution in [2.75, 3.05) is 20.6 Å². The third kappa shape index (κ3) is 6.23. The van der Waals surface area contributed by atoms with Crippen LogP contribution in [-0.2, 0) is 6.54 Å². The molecule has 0 aromatic heterocycles. The zero-order valence-corrected chi connectivity index (χ0v) is 13.7. The molecule has 5 nitrogen and oxygen atoms in total. The summed E-state index contributed by atoms with van der Waals surface area (Å²) in [6.45, 7) is 7.81. The fourth-order valence-corrected chi connectivity index (χ4v) is 2.46. The van der Waals surface area contributed by atoms with Gasteiger partial charge in [0.15, 0.2) is 0 Å². The van der Waals surface area contributed by atoms with Crippen LogP contribution in [0.2, 0.25) is 0 Å². The lowest BCUT2D eigenvalue weighted by Gasteiger charge is -2.24. The van der Waals surface area contributed by atoms with E-state index in [2.05, 4.69) is 38.2 Å². The molecule has 0 spiro atoms. The Morgan fingerprint density at radius 1 is 1.33 bits per heavy atom. The summed E-state index contributed by atoms with van der Waals surface area (Å²) in [6.07, 6.45) is 1.09. The smallest absolute Gasteiger partial charge is 0.272 e. The fraction of sp³-hybridized carbons (Fsp3) is 0.625. The molecule has 0 saturated heterocycles. The summed E-state index contributed by atoms with van der Waals surface area (Å²) in [7, 11) is 4.12. The Balaban J connectivity index is 2.70. The first-order chi connectivity index (χ1) is 9.79. The van der Waals surface area contributed by atoms with E-state index in [1.54, 1.807) is 13.0 Å². The van der Waals surface area contributed by atoms with Gasteiger partial charge in [-0.25, -0.2) is 0 Å². The van der Waals surface area contributed by atoms with Gasteiger partial charge in [-0.3, -0.25) is 10.1 Å². The minimum absolute atomic E-state index is 0.197. The molecule has 0 aliphatic carbocycles. The van der Waals surface area contributed by atoms with Crippen LogP contribution < -0.4 is 5.32 Å². The summed E-state index contributed by atoms with van der Waals surface area (Å²) >= 11 is 0. The molecule has 1 atom stereocenters. The molecule has 0 amide bonds. The lowest BCUT2D eigenvalue weighted by molar-refractivity contribution is -0.385. The van der Waals surface area contributed by atoms with Gasteiger partial charge >= 0.3 is 0 Å². The number of nitro groups is 1. The molecule has 118 valence electrons. The highest BCUT2D eigenvalue weighted by molar-refractivity contribution is 5.42. The molecule has 1 unspecified atom stereocenters. The van der Waals surface area contributed by atoms with E-state index in [1.165, 1.54) is 0 Å². The molecular weight excluding hydrogens is 266 g/mol. The van der Waals surface area contributed by atoms with Gasteiger partial charge in [0, 0.05) is 30.8 Å².